The van der Waals surface area contributed by atoms with Gasteiger partial charge in [0.25, 0.3) is 5.56 Å². The van der Waals surface area contributed by atoms with Crippen molar-refractivity contribution in [3.05, 3.63) is 69.0 Å². The standard InChI is InChI=1S/C20H14ClF2N3OS/c21-14-3-1-4-15(23)13(14)10-26-16-6-5-11(22)9-12(16)17-18(26)19(27)25-7-2-8-28-20(25)24-17/h1,3-6,9H,2,7-8,10H2. The van der Waals surface area contributed by atoms with E-state index in [0.29, 0.717) is 33.6 Å². The number of nitrogens with zero attached hydrogens (tertiary/aromatic N) is 3. The summed E-state index contributed by atoms with van der Waals surface area (Å²) in [5, 5.41) is 1.45. The number of rotatable bonds is 2. The van der Waals surface area contributed by atoms with E-state index in [0.717, 1.165) is 12.2 Å². The first-order valence-corrected chi connectivity index (χ1v) is 10.2. The Morgan fingerprint density at radius 3 is 2.89 bits per heavy atom. The molecule has 0 saturated carbocycles. The number of hydrogen-bond acceptors (Lipinski definition) is 3. The van der Waals surface area contributed by atoms with E-state index >= 15 is 0 Å². The summed E-state index contributed by atoms with van der Waals surface area (Å²) in [7, 11) is 0. The Hall–Kier alpha value is -2.38. The zero-order valence-electron chi connectivity index (χ0n) is 14.6. The van der Waals surface area contributed by atoms with Gasteiger partial charge < -0.3 is 4.57 Å². The molecule has 2 aromatic heterocycles. The van der Waals surface area contributed by atoms with E-state index in [9.17, 15) is 13.6 Å². The van der Waals surface area contributed by atoms with Crippen LogP contribution in [0.2, 0.25) is 5.02 Å². The fraction of sp³-hybridized carbons (Fsp3) is 0.200. The van der Waals surface area contributed by atoms with Gasteiger partial charge in [-0.1, -0.05) is 29.4 Å². The van der Waals surface area contributed by atoms with Gasteiger partial charge in [0.2, 0.25) is 0 Å². The molecule has 0 radical (unpaired) electrons. The van der Waals surface area contributed by atoms with Crippen molar-refractivity contribution in [2.45, 2.75) is 24.7 Å². The van der Waals surface area contributed by atoms with E-state index in [1.807, 2.05) is 0 Å². The molecular weight excluding hydrogens is 404 g/mol. The molecule has 8 heteroatoms. The minimum Gasteiger partial charge on any atom is -0.330 e. The Bertz CT molecular complexity index is 1290. The van der Waals surface area contributed by atoms with Crippen molar-refractivity contribution in [3.8, 4) is 0 Å². The van der Waals surface area contributed by atoms with Crippen LogP contribution in [-0.2, 0) is 13.1 Å². The molecule has 0 amide bonds. The molecule has 0 saturated heterocycles. The smallest absolute Gasteiger partial charge is 0.278 e. The summed E-state index contributed by atoms with van der Waals surface area (Å²) in [6.07, 6.45) is 0.874. The molecule has 0 bridgehead atoms. The van der Waals surface area contributed by atoms with E-state index in [4.69, 9.17) is 11.6 Å². The van der Waals surface area contributed by atoms with Crippen LogP contribution in [0, 0.1) is 11.6 Å². The normalized spacial score (nSPS) is 14.0. The molecule has 0 N–H and O–H groups in total. The lowest BCUT2D eigenvalue weighted by molar-refractivity contribution is 0.568. The first kappa shape index (κ1) is 17.7. The highest BCUT2D eigenvalue weighted by Gasteiger charge is 2.23. The summed E-state index contributed by atoms with van der Waals surface area (Å²) in [6.45, 7) is 0.640. The van der Waals surface area contributed by atoms with Crippen LogP contribution in [0.1, 0.15) is 12.0 Å². The third-order valence-electron chi connectivity index (χ3n) is 5.02. The number of benzene rings is 2. The lowest BCUT2D eigenvalue weighted by atomic mass is 10.2. The third-order valence-corrected chi connectivity index (χ3v) is 6.44. The van der Waals surface area contributed by atoms with Crippen LogP contribution < -0.4 is 5.56 Å². The Morgan fingerprint density at radius 2 is 2.07 bits per heavy atom. The van der Waals surface area contributed by atoms with Crippen LogP contribution in [0.4, 0.5) is 8.78 Å². The molecule has 0 fully saturated rings. The van der Waals surface area contributed by atoms with Gasteiger partial charge >= 0.3 is 0 Å². The van der Waals surface area contributed by atoms with Gasteiger partial charge in [0.15, 0.2) is 5.16 Å². The van der Waals surface area contributed by atoms with Crippen molar-refractivity contribution >= 4 is 45.3 Å². The summed E-state index contributed by atoms with van der Waals surface area (Å²) < 4.78 is 31.7. The highest BCUT2D eigenvalue weighted by Crippen LogP contribution is 2.32. The van der Waals surface area contributed by atoms with Gasteiger partial charge in [-0.05, 0) is 36.8 Å². The van der Waals surface area contributed by atoms with E-state index < -0.39 is 11.6 Å². The second-order valence-electron chi connectivity index (χ2n) is 6.70. The quantitative estimate of drug-likeness (QED) is 0.439. The minimum absolute atomic E-state index is 0.0561. The molecule has 4 aromatic rings. The molecule has 28 heavy (non-hydrogen) atoms. The Kier molecular flexibility index (Phi) is 4.17. The van der Waals surface area contributed by atoms with Crippen molar-refractivity contribution < 1.29 is 8.78 Å². The fourth-order valence-corrected chi connectivity index (χ4v) is 4.87. The Balaban J connectivity index is 1.88. The summed E-state index contributed by atoms with van der Waals surface area (Å²) in [5.41, 5.74) is 1.48. The van der Waals surface area contributed by atoms with Crippen LogP contribution in [0.3, 0.4) is 0 Å². The minimum atomic E-state index is -0.453. The molecule has 0 aliphatic carbocycles. The van der Waals surface area contributed by atoms with E-state index in [-0.39, 0.29) is 22.7 Å². The zero-order chi connectivity index (χ0) is 19.4. The number of fused-ring (bicyclic) bond motifs is 4. The molecule has 0 spiro atoms. The SMILES string of the molecule is O=c1c2c(nc3n1CCCS3)c1cc(F)ccc1n2Cc1c(F)cccc1Cl. The molecule has 1 aliphatic rings. The van der Waals surface area contributed by atoms with Gasteiger partial charge in [-0.25, -0.2) is 13.8 Å². The Labute approximate surface area is 167 Å². The van der Waals surface area contributed by atoms with E-state index in [1.54, 1.807) is 21.3 Å². The van der Waals surface area contributed by atoms with Crippen LogP contribution in [0.15, 0.2) is 46.3 Å². The van der Waals surface area contributed by atoms with Gasteiger partial charge in [0.05, 0.1) is 12.1 Å². The number of halogens is 3. The molecule has 0 unspecified atom stereocenters. The lowest BCUT2D eigenvalue weighted by Crippen LogP contribution is -2.27. The maximum absolute atomic E-state index is 14.4. The third kappa shape index (κ3) is 2.64. The summed E-state index contributed by atoms with van der Waals surface area (Å²) in [5.74, 6) is 0.0180. The van der Waals surface area contributed by atoms with Crippen molar-refractivity contribution in [2.24, 2.45) is 0 Å². The van der Waals surface area contributed by atoms with Gasteiger partial charge in [-0.15, -0.1) is 0 Å². The fourth-order valence-electron chi connectivity index (χ4n) is 3.71. The zero-order valence-corrected chi connectivity index (χ0v) is 16.2. The molecule has 5 rings (SSSR count). The predicted octanol–water partition coefficient (Wildman–Crippen LogP) is 4.83. The maximum Gasteiger partial charge on any atom is 0.278 e. The largest absolute Gasteiger partial charge is 0.330 e. The van der Waals surface area contributed by atoms with Crippen LogP contribution in [0.25, 0.3) is 21.9 Å². The second-order valence-corrected chi connectivity index (χ2v) is 8.17. The molecule has 2 aromatic carbocycles. The molecule has 1 aliphatic heterocycles. The molecule has 142 valence electrons. The average molecular weight is 418 g/mol. The molecule has 4 nitrogen and oxygen atoms in total. The molecular formula is C20H14ClF2N3OS. The number of hydrogen-bond donors (Lipinski definition) is 0. The van der Waals surface area contributed by atoms with Gasteiger partial charge in [-0.3, -0.25) is 9.36 Å². The van der Waals surface area contributed by atoms with Crippen molar-refractivity contribution in [2.75, 3.05) is 5.75 Å². The molecule has 3 heterocycles. The van der Waals surface area contributed by atoms with Crippen LogP contribution in [-0.4, -0.2) is 19.9 Å². The van der Waals surface area contributed by atoms with Crippen molar-refractivity contribution in [3.63, 3.8) is 0 Å². The highest BCUT2D eigenvalue weighted by molar-refractivity contribution is 7.99. The van der Waals surface area contributed by atoms with E-state index in [1.165, 1.54) is 36.0 Å². The second kappa shape index (κ2) is 6.60. The number of aromatic nitrogens is 3. The van der Waals surface area contributed by atoms with Crippen LogP contribution in [0.5, 0.6) is 0 Å². The van der Waals surface area contributed by atoms with Crippen molar-refractivity contribution in [1.82, 2.24) is 14.1 Å². The monoisotopic (exact) mass is 417 g/mol. The summed E-state index contributed by atoms with van der Waals surface area (Å²) in [6, 6.07) is 8.76. The first-order valence-electron chi connectivity index (χ1n) is 8.82. The average Bonchev–Trinajstić information content (AvgIpc) is 2.98. The van der Waals surface area contributed by atoms with Crippen LogP contribution >= 0.6 is 23.4 Å². The van der Waals surface area contributed by atoms with Gasteiger partial charge in [-0.2, -0.15) is 0 Å². The topological polar surface area (TPSA) is 39.8 Å². The summed E-state index contributed by atoms with van der Waals surface area (Å²) >= 11 is 7.73. The predicted molar refractivity (Wildman–Crippen MR) is 107 cm³/mol. The van der Waals surface area contributed by atoms with Crippen molar-refractivity contribution in [1.29, 1.82) is 0 Å². The van der Waals surface area contributed by atoms with E-state index in [2.05, 4.69) is 4.98 Å². The highest BCUT2D eigenvalue weighted by atomic mass is 35.5. The number of thioether (sulfide) groups is 1. The lowest BCUT2D eigenvalue weighted by Gasteiger charge is -2.17. The molecule has 0 atom stereocenters. The Morgan fingerprint density at radius 1 is 1.21 bits per heavy atom. The maximum atomic E-state index is 14.4. The first-order chi connectivity index (χ1) is 13.5. The summed E-state index contributed by atoms with van der Waals surface area (Å²) in [4.78, 5) is 17.9. The van der Waals surface area contributed by atoms with Gasteiger partial charge in [0.1, 0.15) is 22.7 Å². The van der Waals surface area contributed by atoms with Gasteiger partial charge in [0, 0.05) is 28.3 Å².